The number of nitro benzene ring substituents is 1. The van der Waals surface area contributed by atoms with Gasteiger partial charge in [0.05, 0.1) is 26.2 Å². The van der Waals surface area contributed by atoms with Crippen LogP contribution in [0.25, 0.3) is 0 Å². The molecule has 0 aliphatic heterocycles. The third-order valence-corrected chi connectivity index (χ3v) is 4.01. The average Bonchev–Trinajstić information content (AvgIpc) is 2.93. The maximum Gasteiger partial charge on any atom is 0.340 e. The number of carbonyl (C=O) groups excluding carboxylic acids is 1. The lowest BCUT2D eigenvalue weighted by Gasteiger charge is -2.04. The van der Waals surface area contributed by atoms with Gasteiger partial charge >= 0.3 is 5.97 Å². The minimum atomic E-state index is -0.713. The Morgan fingerprint density at radius 1 is 1.52 bits per heavy atom. The van der Waals surface area contributed by atoms with Crippen molar-refractivity contribution in [3.05, 3.63) is 55.0 Å². The molecule has 0 radical (unpaired) electrons. The number of nitrogens with zero attached hydrogens (tertiary/aromatic N) is 2. The van der Waals surface area contributed by atoms with Gasteiger partial charge in [-0.25, -0.2) is 9.78 Å². The van der Waals surface area contributed by atoms with Crippen LogP contribution < -0.4 is 0 Å². The summed E-state index contributed by atoms with van der Waals surface area (Å²) in [6.45, 7) is 1.99. The first-order valence-electron chi connectivity index (χ1n) is 6.05. The Bertz CT molecular complexity index is 687. The maximum atomic E-state index is 11.9. The monoisotopic (exact) mass is 326 g/mol. The Morgan fingerprint density at radius 3 is 2.90 bits per heavy atom. The molecular formula is C13H11ClN2O4S. The molecule has 0 spiro atoms. The molecule has 0 bridgehead atoms. The zero-order chi connectivity index (χ0) is 15.4. The van der Waals surface area contributed by atoms with Gasteiger partial charge < -0.3 is 4.74 Å². The number of aryl methyl sites for hydroxylation is 1. The molecule has 0 N–H and O–H groups in total. The first-order chi connectivity index (χ1) is 10.0. The summed E-state index contributed by atoms with van der Waals surface area (Å²) in [6, 6.07) is 3.63. The molecule has 110 valence electrons. The number of hydrogen-bond donors (Lipinski definition) is 0. The predicted octanol–water partition coefficient (Wildman–Crippen LogP) is 3.62. The molecular weight excluding hydrogens is 316 g/mol. The third-order valence-electron chi connectivity index (χ3n) is 2.63. The SMILES string of the molecule is CCc1nc(COC(=O)c2cc([N+](=O)[O-])ccc2Cl)cs1. The van der Waals surface area contributed by atoms with Gasteiger partial charge in [-0.2, -0.15) is 0 Å². The normalized spacial score (nSPS) is 10.4. The Morgan fingerprint density at radius 2 is 2.29 bits per heavy atom. The van der Waals surface area contributed by atoms with E-state index in [1.165, 1.54) is 23.5 Å². The molecule has 0 unspecified atom stereocenters. The van der Waals surface area contributed by atoms with E-state index in [4.69, 9.17) is 16.3 Å². The van der Waals surface area contributed by atoms with E-state index in [2.05, 4.69) is 4.98 Å². The number of thiazole rings is 1. The van der Waals surface area contributed by atoms with E-state index in [0.29, 0.717) is 5.69 Å². The summed E-state index contributed by atoms with van der Waals surface area (Å²) in [5, 5.41) is 13.6. The number of rotatable bonds is 5. The molecule has 21 heavy (non-hydrogen) atoms. The van der Waals surface area contributed by atoms with E-state index in [9.17, 15) is 14.9 Å². The van der Waals surface area contributed by atoms with Crippen molar-refractivity contribution in [3.8, 4) is 0 Å². The number of halogens is 1. The second kappa shape index (κ2) is 6.64. The van der Waals surface area contributed by atoms with Crippen molar-refractivity contribution >= 4 is 34.6 Å². The summed E-state index contributed by atoms with van der Waals surface area (Å²) >= 11 is 7.36. The highest BCUT2D eigenvalue weighted by Crippen LogP contribution is 2.23. The number of ether oxygens (including phenoxy) is 1. The summed E-state index contributed by atoms with van der Waals surface area (Å²) in [7, 11) is 0. The Labute approximate surface area is 129 Å². The van der Waals surface area contributed by atoms with Crippen LogP contribution >= 0.6 is 22.9 Å². The van der Waals surface area contributed by atoms with Gasteiger partial charge in [-0.3, -0.25) is 10.1 Å². The van der Waals surface area contributed by atoms with Crippen LogP contribution in [0.1, 0.15) is 28.0 Å². The number of aromatic nitrogens is 1. The van der Waals surface area contributed by atoms with Crippen LogP contribution in [0.2, 0.25) is 5.02 Å². The van der Waals surface area contributed by atoms with Crippen LogP contribution in [0, 0.1) is 10.1 Å². The summed E-state index contributed by atoms with van der Waals surface area (Å²) in [4.78, 5) is 26.3. The molecule has 8 heteroatoms. The lowest BCUT2D eigenvalue weighted by atomic mass is 10.2. The van der Waals surface area contributed by atoms with Crippen LogP contribution in [0.3, 0.4) is 0 Å². The van der Waals surface area contributed by atoms with Crippen LogP contribution in [-0.4, -0.2) is 15.9 Å². The third kappa shape index (κ3) is 3.77. The number of esters is 1. The van der Waals surface area contributed by atoms with Gasteiger partial charge in [-0.05, 0) is 12.5 Å². The molecule has 0 amide bonds. The largest absolute Gasteiger partial charge is 0.456 e. The molecule has 0 aliphatic carbocycles. The van der Waals surface area contributed by atoms with Crippen molar-refractivity contribution in [3.63, 3.8) is 0 Å². The molecule has 0 fully saturated rings. The number of benzene rings is 1. The highest BCUT2D eigenvalue weighted by Gasteiger charge is 2.17. The Hall–Kier alpha value is -1.99. The molecule has 1 heterocycles. The van der Waals surface area contributed by atoms with E-state index >= 15 is 0 Å². The number of non-ortho nitro benzene ring substituents is 1. The summed E-state index contributed by atoms with van der Waals surface area (Å²) in [6.07, 6.45) is 0.815. The highest BCUT2D eigenvalue weighted by atomic mass is 35.5. The minimum Gasteiger partial charge on any atom is -0.456 e. The molecule has 6 nitrogen and oxygen atoms in total. The van der Waals surface area contributed by atoms with Gasteiger partial charge in [0, 0.05) is 17.5 Å². The molecule has 1 aromatic heterocycles. The van der Waals surface area contributed by atoms with Crippen molar-refractivity contribution in [1.29, 1.82) is 0 Å². The van der Waals surface area contributed by atoms with Gasteiger partial charge in [-0.15, -0.1) is 11.3 Å². The number of carbonyl (C=O) groups is 1. The van der Waals surface area contributed by atoms with E-state index < -0.39 is 10.9 Å². The first-order valence-corrected chi connectivity index (χ1v) is 7.31. The number of hydrogen-bond acceptors (Lipinski definition) is 6. The summed E-state index contributed by atoms with van der Waals surface area (Å²) in [5.74, 6) is -0.713. The summed E-state index contributed by atoms with van der Waals surface area (Å²) < 4.78 is 5.09. The van der Waals surface area contributed by atoms with Crippen LogP contribution in [0.15, 0.2) is 23.6 Å². The van der Waals surface area contributed by atoms with Crippen LogP contribution in [0.4, 0.5) is 5.69 Å². The minimum absolute atomic E-state index is 0.00829. The second-order valence-electron chi connectivity index (χ2n) is 4.08. The topological polar surface area (TPSA) is 82.3 Å². The first kappa shape index (κ1) is 15.4. The van der Waals surface area contributed by atoms with Gasteiger partial charge in [0.1, 0.15) is 6.61 Å². The molecule has 0 saturated carbocycles. The maximum absolute atomic E-state index is 11.9. The fourth-order valence-electron chi connectivity index (χ4n) is 1.58. The predicted molar refractivity (Wildman–Crippen MR) is 78.7 cm³/mol. The van der Waals surface area contributed by atoms with E-state index in [0.717, 1.165) is 17.5 Å². The van der Waals surface area contributed by atoms with Crippen LogP contribution in [-0.2, 0) is 17.8 Å². The van der Waals surface area contributed by atoms with Gasteiger partial charge in [0.25, 0.3) is 5.69 Å². The van der Waals surface area contributed by atoms with Crippen molar-refractivity contribution in [2.75, 3.05) is 0 Å². The second-order valence-corrected chi connectivity index (χ2v) is 5.43. The molecule has 0 atom stereocenters. The van der Waals surface area contributed by atoms with Gasteiger partial charge in [-0.1, -0.05) is 18.5 Å². The van der Waals surface area contributed by atoms with Crippen molar-refractivity contribution in [2.24, 2.45) is 0 Å². The molecule has 0 saturated heterocycles. The van der Waals surface area contributed by atoms with Crippen molar-refractivity contribution in [1.82, 2.24) is 4.98 Å². The standard InChI is InChI=1S/C13H11ClN2O4S/c1-2-12-15-8(7-21-12)6-20-13(17)10-5-9(16(18)19)3-4-11(10)14/h3-5,7H,2,6H2,1H3. The number of nitro groups is 1. The van der Waals surface area contributed by atoms with E-state index in [-0.39, 0.29) is 22.9 Å². The van der Waals surface area contributed by atoms with E-state index in [1.54, 1.807) is 5.38 Å². The molecule has 2 rings (SSSR count). The smallest absolute Gasteiger partial charge is 0.340 e. The lowest BCUT2D eigenvalue weighted by molar-refractivity contribution is -0.384. The van der Waals surface area contributed by atoms with Gasteiger partial charge in [0.2, 0.25) is 0 Å². The zero-order valence-corrected chi connectivity index (χ0v) is 12.6. The van der Waals surface area contributed by atoms with Gasteiger partial charge in [0.15, 0.2) is 0 Å². The average molecular weight is 327 g/mol. The van der Waals surface area contributed by atoms with Crippen LogP contribution in [0.5, 0.6) is 0 Å². The highest BCUT2D eigenvalue weighted by molar-refractivity contribution is 7.09. The quantitative estimate of drug-likeness (QED) is 0.476. The molecule has 1 aromatic carbocycles. The fraction of sp³-hybridized carbons (Fsp3) is 0.231. The Kier molecular flexibility index (Phi) is 4.87. The fourth-order valence-corrected chi connectivity index (χ4v) is 2.50. The zero-order valence-electron chi connectivity index (χ0n) is 11.0. The lowest BCUT2D eigenvalue weighted by Crippen LogP contribution is -2.07. The molecule has 0 aliphatic rings. The van der Waals surface area contributed by atoms with Crippen molar-refractivity contribution in [2.45, 2.75) is 20.0 Å². The molecule has 2 aromatic rings. The Balaban J connectivity index is 2.09. The van der Waals surface area contributed by atoms with E-state index in [1.807, 2.05) is 6.92 Å². The summed E-state index contributed by atoms with van der Waals surface area (Å²) in [5.41, 5.74) is 0.400. The van der Waals surface area contributed by atoms with Crippen molar-refractivity contribution < 1.29 is 14.5 Å².